The number of nitrogens with one attached hydrogen (secondary N) is 1. The molecule has 0 atom stereocenters. The van der Waals surface area contributed by atoms with Gasteiger partial charge in [0.2, 0.25) is 0 Å². The van der Waals surface area contributed by atoms with E-state index < -0.39 is 0 Å². The van der Waals surface area contributed by atoms with Crippen LogP contribution in [-0.4, -0.2) is 41.8 Å². The number of carbonyl (C=O) groups is 1. The molecule has 0 radical (unpaired) electrons. The second-order valence-electron chi connectivity index (χ2n) is 4.35. The molecule has 80 valence electrons. The summed E-state index contributed by atoms with van der Waals surface area (Å²) >= 11 is 0. The van der Waals surface area contributed by atoms with Crippen molar-refractivity contribution in [1.29, 1.82) is 0 Å². The van der Waals surface area contributed by atoms with E-state index in [2.05, 4.69) is 5.32 Å². The van der Waals surface area contributed by atoms with Gasteiger partial charge in [-0.15, -0.1) is 0 Å². The lowest BCUT2D eigenvalue weighted by Gasteiger charge is -2.28. The minimum atomic E-state index is -0.0985. The minimum Gasteiger partial charge on any atom is -0.393 e. The van der Waals surface area contributed by atoms with Gasteiger partial charge in [-0.3, -0.25) is 0 Å². The average molecular weight is 198 g/mol. The first-order valence-corrected chi connectivity index (χ1v) is 5.46. The molecule has 2 rings (SSSR count). The van der Waals surface area contributed by atoms with E-state index in [1.54, 1.807) is 0 Å². The van der Waals surface area contributed by atoms with Crippen molar-refractivity contribution in [2.75, 3.05) is 19.6 Å². The summed E-state index contributed by atoms with van der Waals surface area (Å²) in [5.41, 5.74) is 0. The van der Waals surface area contributed by atoms with Crippen molar-refractivity contribution in [2.45, 2.75) is 31.8 Å². The topological polar surface area (TPSA) is 52.6 Å². The highest BCUT2D eigenvalue weighted by Crippen LogP contribution is 2.25. The Morgan fingerprint density at radius 3 is 2.64 bits per heavy atom. The van der Waals surface area contributed by atoms with Gasteiger partial charge in [0.25, 0.3) is 0 Å². The number of rotatable bonds is 2. The van der Waals surface area contributed by atoms with E-state index in [1.807, 2.05) is 4.90 Å². The minimum absolute atomic E-state index is 0.0797. The number of hydrogen-bond donors (Lipinski definition) is 2. The molecule has 0 bridgehead atoms. The molecule has 0 spiro atoms. The molecule has 1 aliphatic carbocycles. The third-order valence-electron chi connectivity index (χ3n) is 3.24. The Hall–Kier alpha value is -0.770. The maximum Gasteiger partial charge on any atom is 0.317 e. The molecule has 4 heteroatoms. The van der Waals surface area contributed by atoms with Gasteiger partial charge in [-0.2, -0.15) is 0 Å². The monoisotopic (exact) mass is 198 g/mol. The summed E-state index contributed by atoms with van der Waals surface area (Å²) in [6, 6.07) is 0.0797. The molecule has 1 aliphatic heterocycles. The fourth-order valence-corrected chi connectivity index (χ4v) is 2.32. The van der Waals surface area contributed by atoms with Crippen LogP contribution in [0.25, 0.3) is 0 Å². The van der Waals surface area contributed by atoms with Gasteiger partial charge < -0.3 is 15.3 Å². The third kappa shape index (κ3) is 2.18. The lowest BCUT2D eigenvalue weighted by atomic mass is 9.87. The van der Waals surface area contributed by atoms with E-state index >= 15 is 0 Å². The van der Waals surface area contributed by atoms with Gasteiger partial charge >= 0.3 is 6.03 Å². The lowest BCUT2D eigenvalue weighted by Crippen LogP contribution is -2.34. The number of urea groups is 1. The molecule has 1 heterocycles. The van der Waals surface area contributed by atoms with Crippen LogP contribution in [0.3, 0.4) is 0 Å². The number of hydrogen-bond acceptors (Lipinski definition) is 2. The molecule has 1 saturated carbocycles. The zero-order valence-corrected chi connectivity index (χ0v) is 8.41. The first kappa shape index (κ1) is 9.77. The Labute approximate surface area is 84.3 Å². The highest BCUT2D eigenvalue weighted by molar-refractivity contribution is 5.76. The molecular weight excluding hydrogens is 180 g/mol. The van der Waals surface area contributed by atoms with Crippen LogP contribution in [0.4, 0.5) is 4.79 Å². The molecule has 2 N–H and O–H groups in total. The number of nitrogens with zero attached hydrogens (tertiary/aromatic N) is 1. The Morgan fingerprint density at radius 1 is 1.36 bits per heavy atom. The molecule has 2 fully saturated rings. The number of aliphatic hydroxyl groups is 1. The SMILES string of the molecule is O=C1NCCN1CC1CCC(O)CC1. The van der Waals surface area contributed by atoms with E-state index in [0.717, 1.165) is 45.3 Å². The standard InChI is InChI=1S/C10H18N2O2/c13-9-3-1-8(2-4-9)7-12-6-5-11-10(12)14/h8-9,13H,1-7H2,(H,11,14). The molecule has 14 heavy (non-hydrogen) atoms. The molecular formula is C10H18N2O2. The summed E-state index contributed by atoms with van der Waals surface area (Å²) in [4.78, 5) is 13.2. The number of carbonyl (C=O) groups excluding carboxylic acids is 1. The fourth-order valence-electron chi connectivity index (χ4n) is 2.32. The van der Waals surface area contributed by atoms with Crippen LogP contribution in [0.5, 0.6) is 0 Å². The van der Waals surface area contributed by atoms with Crippen molar-refractivity contribution in [3.63, 3.8) is 0 Å². The van der Waals surface area contributed by atoms with Crippen LogP contribution < -0.4 is 5.32 Å². The van der Waals surface area contributed by atoms with Crippen LogP contribution in [0.1, 0.15) is 25.7 Å². The normalized spacial score (nSPS) is 33.2. The van der Waals surface area contributed by atoms with Crippen molar-refractivity contribution in [1.82, 2.24) is 10.2 Å². The maximum atomic E-state index is 11.3. The number of amides is 2. The molecule has 2 amide bonds. The molecule has 0 aromatic rings. The summed E-state index contributed by atoms with van der Waals surface area (Å²) in [7, 11) is 0. The van der Waals surface area contributed by atoms with Gasteiger partial charge in [-0.1, -0.05) is 0 Å². The van der Waals surface area contributed by atoms with Crippen LogP contribution in [0.2, 0.25) is 0 Å². The zero-order chi connectivity index (χ0) is 9.97. The average Bonchev–Trinajstić information content (AvgIpc) is 2.56. The Kier molecular flexibility index (Phi) is 2.91. The van der Waals surface area contributed by atoms with Crippen molar-refractivity contribution in [3.8, 4) is 0 Å². The molecule has 1 saturated heterocycles. The summed E-state index contributed by atoms with van der Waals surface area (Å²) < 4.78 is 0. The van der Waals surface area contributed by atoms with Crippen molar-refractivity contribution in [3.05, 3.63) is 0 Å². The van der Waals surface area contributed by atoms with Gasteiger partial charge in [0.1, 0.15) is 0 Å². The summed E-state index contributed by atoms with van der Waals surface area (Å²) in [6.45, 7) is 2.50. The van der Waals surface area contributed by atoms with E-state index in [-0.39, 0.29) is 12.1 Å². The summed E-state index contributed by atoms with van der Waals surface area (Å²) in [5.74, 6) is 0.599. The first-order valence-electron chi connectivity index (χ1n) is 5.46. The lowest BCUT2D eigenvalue weighted by molar-refractivity contribution is 0.100. The van der Waals surface area contributed by atoms with Gasteiger partial charge in [0.15, 0.2) is 0 Å². The highest BCUT2D eigenvalue weighted by atomic mass is 16.3. The molecule has 2 aliphatic rings. The van der Waals surface area contributed by atoms with Crippen molar-refractivity contribution < 1.29 is 9.90 Å². The zero-order valence-electron chi connectivity index (χ0n) is 8.41. The molecule has 0 aromatic heterocycles. The number of aliphatic hydroxyl groups excluding tert-OH is 1. The Balaban J connectivity index is 1.77. The molecule has 0 aromatic carbocycles. The summed E-state index contributed by atoms with van der Waals surface area (Å²) in [5, 5.41) is 12.2. The predicted octanol–water partition coefficient (Wildman–Crippen LogP) is 0.563. The van der Waals surface area contributed by atoms with Gasteiger partial charge in [-0.05, 0) is 31.6 Å². The van der Waals surface area contributed by atoms with Gasteiger partial charge in [-0.25, -0.2) is 4.79 Å². The van der Waals surface area contributed by atoms with E-state index in [9.17, 15) is 9.90 Å². The Morgan fingerprint density at radius 2 is 2.07 bits per heavy atom. The maximum absolute atomic E-state index is 11.3. The van der Waals surface area contributed by atoms with Crippen LogP contribution >= 0.6 is 0 Å². The highest BCUT2D eigenvalue weighted by Gasteiger charge is 2.25. The van der Waals surface area contributed by atoms with Crippen LogP contribution in [-0.2, 0) is 0 Å². The second kappa shape index (κ2) is 4.17. The summed E-state index contributed by atoms with van der Waals surface area (Å²) in [6.07, 6.45) is 3.83. The third-order valence-corrected chi connectivity index (χ3v) is 3.24. The fraction of sp³-hybridized carbons (Fsp3) is 0.900. The van der Waals surface area contributed by atoms with Crippen LogP contribution in [0, 0.1) is 5.92 Å². The predicted molar refractivity (Wildman–Crippen MR) is 52.9 cm³/mol. The van der Waals surface area contributed by atoms with E-state index in [4.69, 9.17) is 0 Å². The van der Waals surface area contributed by atoms with Crippen LogP contribution in [0.15, 0.2) is 0 Å². The van der Waals surface area contributed by atoms with E-state index in [0.29, 0.717) is 5.92 Å². The van der Waals surface area contributed by atoms with Crippen molar-refractivity contribution in [2.24, 2.45) is 5.92 Å². The van der Waals surface area contributed by atoms with Gasteiger partial charge in [0, 0.05) is 19.6 Å². The first-order chi connectivity index (χ1) is 6.75. The van der Waals surface area contributed by atoms with E-state index in [1.165, 1.54) is 0 Å². The smallest absolute Gasteiger partial charge is 0.317 e. The molecule has 4 nitrogen and oxygen atoms in total. The largest absolute Gasteiger partial charge is 0.393 e. The Bertz CT molecular complexity index is 212. The second-order valence-corrected chi connectivity index (χ2v) is 4.35. The quantitative estimate of drug-likeness (QED) is 0.681. The van der Waals surface area contributed by atoms with Crippen molar-refractivity contribution >= 4 is 6.03 Å². The van der Waals surface area contributed by atoms with Gasteiger partial charge in [0.05, 0.1) is 6.10 Å². The molecule has 0 unspecified atom stereocenters.